The summed E-state index contributed by atoms with van der Waals surface area (Å²) in [4.78, 5) is 2.17. The van der Waals surface area contributed by atoms with E-state index >= 15 is 0 Å². The summed E-state index contributed by atoms with van der Waals surface area (Å²) >= 11 is 0. The predicted molar refractivity (Wildman–Crippen MR) is 83.1 cm³/mol. The minimum absolute atomic E-state index is 0.158. The Balaban J connectivity index is 1.85. The number of fused-ring (bicyclic) bond motifs is 1. The Labute approximate surface area is 129 Å². The second kappa shape index (κ2) is 6.81. The molecule has 0 amide bonds. The van der Waals surface area contributed by atoms with Crippen molar-refractivity contribution in [2.24, 2.45) is 0 Å². The minimum atomic E-state index is 0.158. The van der Waals surface area contributed by atoms with Gasteiger partial charge in [-0.2, -0.15) is 5.10 Å². The first-order valence-corrected chi connectivity index (χ1v) is 7.57. The lowest BCUT2D eigenvalue weighted by Gasteiger charge is -2.20. The summed E-state index contributed by atoms with van der Waals surface area (Å²) in [5.41, 5.74) is 3.11. The maximum Gasteiger partial charge on any atom is 0.162 e. The van der Waals surface area contributed by atoms with Crippen molar-refractivity contribution in [1.82, 2.24) is 15.1 Å². The molecule has 0 bridgehead atoms. The van der Waals surface area contributed by atoms with Gasteiger partial charge in [0.15, 0.2) is 11.5 Å². The third kappa shape index (κ3) is 3.08. The van der Waals surface area contributed by atoms with Crippen LogP contribution in [0.4, 0.5) is 0 Å². The molecule has 1 aliphatic rings. The third-order valence-electron chi connectivity index (χ3n) is 3.81. The van der Waals surface area contributed by atoms with Gasteiger partial charge in [-0.15, -0.1) is 0 Å². The van der Waals surface area contributed by atoms with Gasteiger partial charge in [-0.05, 0) is 24.7 Å². The number of hydrogen-bond acceptors (Lipinski definition) is 5. The molecular weight excluding hydrogens is 282 g/mol. The fourth-order valence-corrected chi connectivity index (χ4v) is 2.61. The number of rotatable bonds is 6. The zero-order chi connectivity index (χ0) is 15.4. The van der Waals surface area contributed by atoms with E-state index in [0.717, 1.165) is 41.4 Å². The van der Waals surface area contributed by atoms with Crippen molar-refractivity contribution in [2.45, 2.75) is 13.5 Å². The summed E-state index contributed by atoms with van der Waals surface area (Å²) in [5.74, 6) is 1.55. The number of aliphatic hydroxyl groups excluding tert-OH is 1. The molecule has 2 heterocycles. The zero-order valence-corrected chi connectivity index (χ0v) is 12.7. The summed E-state index contributed by atoms with van der Waals surface area (Å²) in [7, 11) is 0. The SMILES string of the molecule is CCN(CCO)Cc1cn[nH]c1-c1ccc2c(c1)OCCO2. The number of hydrogen-bond donors (Lipinski definition) is 2. The van der Waals surface area contributed by atoms with Gasteiger partial charge < -0.3 is 14.6 Å². The molecule has 1 aromatic carbocycles. The van der Waals surface area contributed by atoms with E-state index in [4.69, 9.17) is 14.6 Å². The number of H-pyrrole nitrogens is 1. The van der Waals surface area contributed by atoms with Gasteiger partial charge in [-0.25, -0.2) is 0 Å². The highest BCUT2D eigenvalue weighted by atomic mass is 16.6. The second-order valence-corrected chi connectivity index (χ2v) is 5.22. The first-order chi connectivity index (χ1) is 10.8. The molecule has 118 valence electrons. The number of benzene rings is 1. The Bertz CT molecular complexity index is 627. The lowest BCUT2D eigenvalue weighted by Crippen LogP contribution is -2.26. The van der Waals surface area contributed by atoms with Crippen molar-refractivity contribution in [1.29, 1.82) is 0 Å². The van der Waals surface area contributed by atoms with Crippen molar-refractivity contribution in [2.75, 3.05) is 32.9 Å². The van der Waals surface area contributed by atoms with E-state index in [1.807, 2.05) is 24.4 Å². The van der Waals surface area contributed by atoms with E-state index < -0.39 is 0 Å². The first-order valence-electron chi connectivity index (χ1n) is 7.57. The summed E-state index contributed by atoms with van der Waals surface area (Å²) in [6.45, 7) is 5.69. The van der Waals surface area contributed by atoms with E-state index in [9.17, 15) is 0 Å². The summed E-state index contributed by atoms with van der Waals surface area (Å²) < 4.78 is 11.2. The highest BCUT2D eigenvalue weighted by Crippen LogP contribution is 2.35. The summed E-state index contributed by atoms with van der Waals surface area (Å²) in [5, 5.41) is 16.4. The van der Waals surface area contributed by atoms with Crippen molar-refractivity contribution in [3.63, 3.8) is 0 Å². The van der Waals surface area contributed by atoms with Crippen LogP contribution in [0.25, 0.3) is 11.3 Å². The molecule has 3 rings (SSSR count). The highest BCUT2D eigenvalue weighted by molar-refractivity contribution is 5.66. The van der Waals surface area contributed by atoms with Crippen LogP contribution in [0.2, 0.25) is 0 Å². The van der Waals surface area contributed by atoms with Crippen molar-refractivity contribution in [3.8, 4) is 22.8 Å². The van der Waals surface area contributed by atoms with Crippen LogP contribution in [0.3, 0.4) is 0 Å². The Morgan fingerprint density at radius 3 is 2.86 bits per heavy atom. The minimum Gasteiger partial charge on any atom is -0.486 e. The van der Waals surface area contributed by atoms with E-state index in [-0.39, 0.29) is 6.61 Å². The van der Waals surface area contributed by atoms with Crippen LogP contribution in [0.5, 0.6) is 11.5 Å². The number of nitrogens with zero attached hydrogens (tertiary/aromatic N) is 2. The molecule has 2 N–H and O–H groups in total. The Morgan fingerprint density at radius 2 is 2.09 bits per heavy atom. The van der Waals surface area contributed by atoms with Crippen molar-refractivity contribution < 1.29 is 14.6 Å². The smallest absolute Gasteiger partial charge is 0.162 e. The number of aromatic amines is 1. The molecule has 0 spiro atoms. The molecule has 6 heteroatoms. The van der Waals surface area contributed by atoms with Crippen LogP contribution in [0.1, 0.15) is 12.5 Å². The van der Waals surface area contributed by atoms with E-state index in [2.05, 4.69) is 22.0 Å². The fraction of sp³-hybridized carbons (Fsp3) is 0.438. The molecule has 1 aliphatic heterocycles. The fourth-order valence-electron chi connectivity index (χ4n) is 2.61. The van der Waals surface area contributed by atoms with Gasteiger partial charge in [0.25, 0.3) is 0 Å². The first kappa shape index (κ1) is 14.9. The molecule has 0 unspecified atom stereocenters. The maximum atomic E-state index is 9.12. The monoisotopic (exact) mass is 303 g/mol. The van der Waals surface area contributed by atoms with Crippen LogP contribution < -0.4 is 9.47 Å². The number of likely N-dealkylation sites (N-methyl/N-ethyl adjacent to an activating group) is 1. The molecule has 0 radical (unpaired) electrons. The zero-order valence-electron chi connectivity index (χ0n) is 12.7. The average molecular weight is 303 g/mol. The molecule has 0 aliphatic carbocycles. The quantitative estimate of drug-likeness (QED) is 0.849. The summed E-state index contributed by atoms with van der Waals surface area (Å²) in [6.07, 6.45) is 1.84. The van der Waals surface area contributed by atoms with Gasteiger partial charge in [0.05, 0.1) is 18.5 Å². The maximum absolute atomic E-state index is 9.12. The number of nitrogens with one attached hydrogen (secondary N) is 1. The van der Waals surface area contributed by atoms with Crippen molar-refractivity contribution >= 4 is 0 Å². The van der Waals surface area contributed by atoms with E-state index in [1.165, 1.54) is 0 Å². The molecule has 22 heavy (non-hydrogen) atoms. The molecule has 6 nitrogen and oxygen atoms in total. The topological polar surface area (TPSA) is 70.6 Å². The summed E-state index contributed by atoms with van der Waals surface area (Å²) in [6, 6.07) is 5.92. The number of ether oxygens (including phenoxy) is 2. The number of aliphatic hydroxyl groups is 1. The van der Waals surface area contributed by atoms with Crippen LogP contribution in [-0.4, -0.2) is 53.1 Å². The lowest BCUT2D eigenvalue weighted by atomic mass is 10.1. The Hall–Kier alpha value is -2.05. The largest absolute Gasteiger partial charge is 0.486 e. The molecule has 1 aromatic heterocycles. The van der Waals surface area contributed by atoms with Crippen molar-refractivity contribution in [3.05, 3.63) is 30.0 Å². The Kier molecular flexibility index (Phi) is 4.60. The predicted octanol–water partition coefficient (Wildman–Crippen LogP) is 1.66. The molecule has 2 aromatic rings. The third-order valence-corrected chi connectivity index (χ3v) is 3.81. The molecular formula is C16H21N3O3. The standard InChI is InChI=1S/C16H21N3O3/c1-2-19(5-6-20)11-13-10-17-18-16(13)12-3-4-14-15(9-12)22-8-7-21-14/h3-4,9-10,20H,2,5-8,11H2,1H3,(H,17,18). The van der Waals surface area contributed by atoms with Crippen LogP contribution in [0, 0.1) is 0 Å². The molecule has 0 saturated carbocycles. The second-order valence-electron chi connectivity index (χ2n) is 5.22. The van der Waals surface area contributed by atoms with E-state index in [0.29, 0.717) is 19.8 Å². The normalized spacial score (nSPS) is 13.6. The molecule has 0 atom stereocenters. The van der Waals surface area contributed by atoms with E-state index in [1.54, 1.807) is 0 Å². The van der Waals surface area contributed by atoms with Gasteiger partial charge in [-0.3, -0.25) is 10.00 Å². The van der Waals surface area contributed by atoms with Gasteiger partial charge in [0, 0.05) is 24.2 Å². The van der Waals surface area contributed by atoms with Gasteiger partial charge in [-0.1, -0.05) is 6.92 Å². The van der Waals surface area contributed by atoms with Crippen LogP contribution in [0.15, 0.2) is 24.4 Å². The Morgan fingerprint density at radius 1 is 1.27 bits per heavy atom. The van der Waals surface area contributed by atoms with Crippen LogP contribution >= 0.6 is 0 Å². The lowest BCUT2D eigenvalue weighted by molar-refractivity contribution is 0.171. The van der Waals surface area contributed by atoms with Gasteiger partial charge in [0.1, 0.15) is 13.2 Å². The number of aromatic nitrogens is 2. The molecule has 0 saturated heterocycles. The average Bonchev–Trinajstić information content (AvgIpc) is 3.02. The van der Waals surface area contributed by atoms with Gasteiger partial charge >= 0.3 is 0 Å². The highest BCUT2D eigenvalue weighted by Gasteiger charge is 2.16. The van der Waals surface area contributed by atoms with Gasteiger partial charge in [0.2, 0.25) is 0 Å². The molecule has 0 fully saturated rings. The van der Waals surface area contributed by atoms with Crippen LogP contribution in [-0.2, 0) is 6.54 Å².